The quantitative estimate of drug-likeness (QED) is 0.285. The van der Waals surface area contributed by atoms with Gasteiger partial charge in [0.15, 0.2) is 12.4 Å². The zero-order valence-electron chi connectivity index (χ0n) is 19.6. The van der Waals surface area contributed by atoms with Crippen LogP contribution < -0.4 is 0 Å². The van der Waals surface area contributed by atoms with Gasteiger partial charge in [0.05, 0.1) is 0 Å². The van der Waals surface area contributed by atoms with Crippen molar-refractivity contribution in [3.05, 3.63) is 0 Å². The van der Waals surface area contributed by atoms with E-state index in [4.69, 9.17) is 23.7 Å². The molecule has 5 atom stereocenters. The van der Waals surface area contributed by atoms with Crippen LogP contribution in [0.4, 0.5) is 0 Å². The number of esters is 3. The molecule has 178 valence electrons. The van der Waals surface area contributed by atoms with E-state index in [-0.39, 0.29) is 17.8 Å². The maximum absolute atomic E-state index is 12.0. The Morgan fingerprint density at radius 3 is 1.97 bits per heavy atom. The summed E-state index contributed by atoms with van der Waals surface area (Å²) in [5, 5.41) is 0. The predicted molar refractivity (Wildman–Crippen MR) is 110 cm³/mol. The zero-order valence-corrected chi connectivity index (χ0v) is 19.6. The average molecular weight is 445 g/mol. The molecule has 31 heavy (non-hydrogen) atoms. The van der Waals surface area contributed by atoms with Gasteiger partial charge in [-0.1, -0.05) is 27.7 Å². The highest BCUT2D eigenvalue weighted by Gasteiger charge is 2.48. The number of hydrogen-bond donors (Lipinski definition) is 0. The summed E-state index contributed by atoms with van der Waals surface area (Å²) >= 11 is 0. The fourth-order valence-electron chi connectivity index (χ4n) is 3.23. The highest BCUT2D eigenvalue weighted by Crippen LogP contribution is 2.32. The molecule has 1 saturated heterocycles. The third-order valence-electron chi connectivity index (χ3n) is 4.92. The molecule has 1 aliphatic heterocycles. The maximum atomic E-state index is 12.0. The molecule has 1 aliphatic rings. The number of hydrogen-bond acceptors (Lipinski definition) is 9. The van der Waals surface area contributed by atoms with Gasteiger partial charge in [-0.25, -0.2) is 0 Å². The van der Waals surface area contributed by atoms with Crippen molar-refractivity contribution in [3.8, 4) is 0 Å². The van der Waals surface area contributed by atoms with Gasteiger partial charge < -0.3 is 23.7 Å². The van der Waals surface area contributed by atoms with Gasteiger partial charge in [-0.3, -0.25) is 19.2 Å². The molecule has 1 heterocycles. The van der Waals surface area contributed by atoms with E-state index < -0.39 is 48.4 Å². The number of carbonyl (C=O) groups is 4. The minimum absolute atomic E-state index is 0.183. The first-order valence-electron chi connectivity index (χ1n) is 10.6. The Hall–Kier alpha value is -2.00. The molecule has 1 rings (SSSR count). The van der Waals surface area contributed by atoms with Gasteiger partial charge in [0.2, 0.25) is 0 Å². The van der Waals surface area contributed by atoms with E-state index in [1.807, 2.05) is 20.8 Å². The first-order valence-corrected chi connectivity index (χ1v) is 10.6. The van der Waals surface area contributed by atoms with Crippen molar-refractivity contribution in [2.24, 2.45) is 11.3 Å². The molecular formula is C22H36O9. The van der Waals surface area contributed by atoms with Crippen LogP contribution in [0.1, 0.15) is 67.7 Å². The summed E-state index contributed by atoms with van der Waals surface area (Å²) in [5.74, 6) is -1.89. The molecule has 0 aliphatic carbocycles. The SMILES string of the molecule is CC(=O)OCC1OC(OCCCCC(=O)C(C)(C)C)C(C)C(OC(C)=O)C1OC(C)=O. The minimum Gasteiger partial charge on any atom is -0.463 e. The third-order valence-corrected chi connectivity index (χ3v) is 4.92. The Kier molecular flexibility index (Phi) is 10.6. The van der Waals surface area contributed by atoms with Gasteiger partial charge in [0, 0.05) is 45.1 Å². The Morgan fingerprint density at radius 2 is 1.45 bits per heavy atom. The molecule has 0 aromatic heterocycles. The molecule has 0 amide bonds. The summed E-state index contributed by atoms with van der Waals surface area (Å²) in [6.45, 7) is 11.3. The van der Waals surface area contributed by atoms with Crippen LogP contribution in [0, 0.1) is 11.3 Å². The third kappa shape index (κ3) is 9.35. The first-order chi connectivity index (χ1) is 14.3. The van der Waals surface area contributed by atoms with Crippen molar-refractivity contribution >= 4 is 23.7 Å². The van der Waals surface area contributed by atoms with Gasteiger partial charge in [0.25, 0.3) is 0 Å². The predicted octanol–water partition coefficient (Wildman–Crippen LogP) is 2.58. The fourth-order valence-corrected chi connectivity index (χ4v) is 3.23. The standard InChI is InChI=1S/C22H36O9/c1-13-19(29-15(3)24)20(30-16(4)25)17(12-28-14(2)23)31-21(13)27-11-9-8-10-18(26)22(5,6)7/h13,17,19-21H,8-12H2,1-7H3. The molecule has 0 aromatic carbocycles. The average Bonchev–Trinajstić information content (AvgIpc) is 2.63. The van der Waals surface area contributed by atoms with Crippen molar-refractivity contribution in [3.63, 3.8) is 0 Å². The van der Waals surface area contributed by atoms with Gasteiger partial charge >= 0.3 is 17.9 Å². The minimum atomic E-state index is -0.944. The van der Waals surface area contributed by atoms with Crippen molar-refractivity contribution in [2.75, 3.05) is 13.2 Å². The highest BCUT2D eigenvalue weighted by molar-refractivity contribution is 5.83. The van der Waals surface area contributed by atoms with Crippen LogP contribution in [0.25, 0.3) is 0 Å². The van der Waals surface area contributed by atoms with Gasteiger partial charge in [0.1, 0.15) is 24.6 Å². The van der Waals surface area contributed by atoms with E-state index in [2.05, 4.69) is 0 Å². The van der Waals surface area contributed by atoms with Crippen LogP contribution in [-0.4, -0.2) is 61.5 Å². The number of unbranched alkanes of at least 4 members (excludes halogenated alkanes) is 1. The Bertz CT molecular complexity index is 637. The molecule has 0 N–H and O–H groups in total. The Morgan fingerprint density at radius 1 is 0.871 bits per heavy atom. The lowest BCUT2D eigenvalue weighted by atomic mass is 9.88. The van der Waals surface area contributed by atoms with Crippen LogP contribution in [0.5, 0.6) is 0 Å². The summed E-state index contributed by atoms with van der Waals surface area (Å²) in [4.78, 5) is 46.5. The van der Waals surface area contributed by atoms with Crippen molar-refractivity contribution in [1.82, 2.24) is 0 Å². The number of ether oxygens (including phenoxy) is 5. The Balaban J connectivity index is 2.80. The smallest absolute Gasteiger partial charge is 0.303 e. The van der Waals surface area contributed by atoms with Crippen LogP contribution in [-0.2, 0) is 42.9 Å². The van der Waals surface area contributed by atoms with Gasteiger partial charge in [-0.2, -0.15) is 0 Å². The fraction of sp³-hybridized carbons (Fsp3) is 0.818. The summed E-state index contributed by atoms with van der Waals surface area (Å²) in [6.07, 6.45) is -1.61. The first kappa shape index (κ1) is 27.0. The van der Waals surface area contributed by atoms with Crippen molar-refractivity contribution in [2.45, 2.75) is 92.3 Å². The lowest BCUT2D eigenvalue weighted by Gasteiger charge is -2.43. The summed E-state index contributed by atoms with van der Waals surface area (Å²) in [7, 11) is 0. The normalized spacial score (nSPS) is 26.1. The van der Waals surface area contributed by atoms with Crippen LogP contribution in [0.2, 0.25) is 0 Å². The number of carbonyl (C=O) groups excluding carboxylic acids is 4. The number of rotatable bonds is 10. The van der Waals surface area contributed by atoms with Gasteiger partial charge in [-0.15, -0.1) is 0 Å². The lowest BCUT2D eigenvalue weighted by molar-refractivity contribution is -0.288. The summed E-state index contributed by atoms with van der Waals surface area (Å²) in [6, 6.07) is 0. The van der Waals surface area contributed by atoms with E-state index in [0.29, 0.717) is 25.9 Å². The molecular weight excluding hydrogens is 408 g/mol. The monoisotopic (exact) mass is 444 g/mol. The van der Waals surface area contributed by atoms with E-state index in [1.54, 1.807) is 6.92 Å². The van der Waals surface area contributed by atoms with Crippen molar-refractivity contribution in [1.29, 1.82) is 0 Å². The molecule has 5 unspecified atom stereocenters. The molecule has 0 radical (unpaired) electrons. The highest BCUT2D eigenvalue weighted by atomic mass is 16.7. The molecule has 1 fully saturated rings. The second kappa shape index (κ2) is 12.1. The Labute approximate surface area is 184 Å². The zero-order chi connectivity index (χ0) is 23.8. The van der Waals surface area contributed by atoms with E-state index in [0.717, 1.165) is 0 Å². The summed E-state index contributed by atoms with van der Waals surface area (Å²) in [5.41, 5.74) is -0.366. The summed E-state index contributed by atoms with van der Waals surface area (Å²) < 4.78 is 27.6. The molecule has 0 bridgehead atoms. The van der Waals surface area contributed by atoms with Crippen molar-refractivity contribution < 1.29 is 42.9 Å². The second-order valence-corrected chi connectivity index (χ2v) is 8.85. The van der Waals surface area contributed by atoms with E-state index in [1.165, 1.54) is 20.8 Å². The van der Waals surface area contributed by atoms with E-state index >= 15 is 0 Å². The maximum Gasteiger partial charge on any atom is 0.303 e. The molecule has 0 saturated carbocycles. The lowest BCUT2D eigenvalue weighted by Crippen LogP contribution is -2.58. The van der Waals surface area contributed by atoms with E-state index in [9.17, 15) is 19.2 Å². The van der Waals surface area contributed by atoms with Crippen LogP contribution in [0.15, 0.2) is 0 Å². The number of ketones is 1. The second-order valence-electron chi connectivity index (χ2n) is 8.85. The molecule has 9 nitrogen and oxygen atoms in total. The molecule has 0 aromatic rings. The largest absolute Gasteiger partial charge is 0.463 e. The van der Waals surface area contributed by atoms with Crippen LogP contribution >= 0.6 is 0 Å². The number of Topliss-reactive ketones (excluding diaryl/α,β-unsaturated/α-hetero) is 1. The topological polar surface area (TPSA) is 114 Å². The molecule has 0 spiro atoms. The molecule has 9 heteroatoms. The van der Waals surface area contributed by atoms with Gasteiger partial charge in [-0.05, 0) is 12.8 Å². The van der Waals surface area contributed by atoms with Crippen LogP contribution in [0.3, 0.4) is 0 Å².